The molecule has 1 nitrogen and oxygen atoms in total. The van der Waals surface area contributed by atoms with Crippen molar-refractivity contribution in [3.8, 4) is 0 Å². The molecule has 80 valence electrons. The molecule has 0 radical (unpaired) electrons. The van der Waals surface area contributed by atoms with Gasteiger partial charge in [0.05, 0.1) is 0 Å². The largest absolute Gasteiger partial charge is 0.359 e. The van der Waals surface area contributed by atoms with E-state index in [1.807, 2.05) is 0 Å². The standard InChI is InChI=1S/C14H19N/c1-10-7-12-8-11(9-14(2,3)4)5-6-13(12)15-10/h5-8,15H,9H2,1-4H3. The topological polar surface area (TPSA) is 15.8 Å². The molecule has 1 aromatic carbocycles. The van der Waals surface area contributed by atoms with Crippen molar-refractivity contribution in [3.63, 3.8) is 0 Å². The summed E-state index contributed by atoms with van der Waals surface area (Å²) >= 11 is 0. The van der Waals surface area contributed by atoms with Crippen molar-refractivity contribution in [2.24, 2.45) is 5.41 Å². The first kappa shape index (κ1) is 10.3. The molecule has 0 unspecified atom stereocenters. The molecular formula is C14H19N. The zero-order valence-corrected chi connectivity index (χ0v) is 10.0. The Morgan fingerprint density at radius 2 is 1.87 bits per heavy atom. The van der Waals surface area contributed by atoms with Gasteiger partial charge in [0.1, 0.15) is 0 Å². The number of aryl methyl sites for hydroxylation is 1. The molecule has 1 heteroatoms. The lowest BCUT2D eigenvalue weighted by Crippen LogP contribution is -2.08. The van der Waals surface area contributed by atoms with Crippen LogP contribution in [0.2, 0.25) is 0 Å². The van der Waals surface area contributed by atoms with Crippen LogP contribution in [0.4, 0.5) is 0 Å². The fraction of sp³-hybridized carbons (Fsp3) is 0.429. The van der Waals surface area contributed by atoms with E-state index < -0.39 is 0 Å². The summed E-state index contributed by atoms with van der Waals surface area (Å²) < 4.78 is 0. The molecule has 0 fully saturated rings. The molecule has 1 N–H and O–H groups in total. The van der Waals surface area contributed by atoms with E-state index >= 15 is 0 Å². The van der Waals surface area contributed by atoms with E-state index in [1.165, 1.54) is 22.2 Å². The number of aromatic nitrogens is 1. The smallest absolute Gasteiger partial charge is 0.0456 e. The summed E-state index contributed by atoms with van der Waals surface area (Å²) in [4.78, 5) is 3.35. The van der Waals surface area contributed by atoms with Crippen LogP contribution in [0.3, 0.4) is 0 Å². The van der Waals surface area contributed by atoms with Crippen molar-refractivity contribution in [2.45, 2.75) is 34.1 Å². The highest BCUT2D eigenvalue weighted by atomic mass is 14.7. The van der Waals surface area contributed by atoms with Crippen LogP contribution in [0.1, 0.15) is 32.0 Å². The number of fused-ring (bicyclic) bond motifs is 1. The first-order valence-corrected chi connectivity index (χ1v) is 5.52. The van der Waals surface area contributed by atoms with Crippen molar-refractivity contribution < 1.29 is 0 Å². The maximum Gasteiger partial charge on any atom is 0.0456 e. The van der Waals surface area contributed by atoms with Crippen molar-refractivity contribution in [3.05, 3.63) is 35.5 Å². The fourth-order valence-corrected chi connectivity index (χ4v) is 2.05. The molecule has 0 aliphatic heterocycles. The molecule has 0 atom stereocenters. The van der Waals surface area contributed by atoms with Crippen LogP contribution in [0, 0.1) is 12.3 Å². The third-order valence-electron chi connectivity index (χ3n) is 2.55. The second kappa shape index (κ2) is 3.41. The predicted octanol–water partition coefficient (Wildman–Crippen LogP) is 4.06. The van der Waals surface area contributed by atoms with Crippen LogP contribution in [-0.4, -0.2) is 4.98 Å². The van der Waals surface area contributed by atoms with Gasteiger partial charge in [0.2, 0.25) is 0 Å². The van der Waals surface area contributed by atoms with Crippen molar-refractivity contribution >= 4 is 10.9 Å². The highest BCUT2D eigenvalue weighted by Gasteiger charge is 2.11. The highest BCUT2D eigenvalue weighted by Crippen LogP contribution is 2.23. The molecular weight excluding hydrogens is 182 g/mol. The normalized spacial score (nSPS) is 12.3. The highest BCUT2D eigenvalue weighted by molar-refractivity contribution is 5.81. The minimum absolute atomic E-state index is 0.360. The summed E-state index contributed by atoms with van der Waals surface area (Å²) in [7, 11) is 0. The van der Waals surface area contributed by atoms with Crippen LogP contribution < -0.4 is 0 Å². The minimum Gasteiger partial charge on any atom is -0.359 e. The third-order valence-corrected chi connectivity index (χ3v) is 2.55. The van der Waals surface area contributed by atoms with Crippen LogP contribution in [-0.2, 0) is 6.42 Å². The molecule has 0 aliphatic rings. The Morgan fingerprint density at radius 3 is 2.53 bits per heavy atom. The Kier molecular flexibility index (Phi) is 2.34. The lowest BCUT2D eigenvalue weighted by atomic mass is 9.88. The van der Waals surface area contributed by atoms with E-state index in [9.17, 15) is 0 Å². The predicted molar refractivity (Wildman–Crippen MR) is 66.2 cm³/mol. The molecule has 2 rings (SSSR count). The number of benzene rings is 1. The Morgan fingerprint density at radius 1 is 1.13 bits per heavy atom. The first-order valence-electron chi connectivity index (χ1n) is 5.52. The molecule has 0 aliphatic carbocycles. The molecule has 15 heavy (non-hydrogen) atoms. The fourth-order valence-electron chi connectivity index (χ4n) is 2.05. The summed E-state index contributed by atoms with van der Waals surface area (Å²) in [6.45, 7) is 8.93. The van der Waals surface area contributed by atoms with E-state index in [2.05, 4.69) is 56.9 Å². The van der Waals surface area contributed by atoms with Gasteiger partial charge in [-0.1, -0.05) is 26.8 Å². The first-order chi connectivity index (χ1) is 6.94. The van der Waals surface area contributed by atoms with E-state index in [4.69, 9.17) is 0 Å². The summed E-state index contributed by atoms with van der Waals surface area (Å²) in [5, 5.41) is 1.33. The van der Waals surface area contributed by atoms with Gasteiger partial charge in [0.15, 0.2) is 0 Å². The number of hydrogen-bond acceptors (Lipinski definition) is 0. The van der Waals surface area contributed by atoms with Crippen LogP contribution in [0.15, 0.2) is 24.3 Å². The van der Waals surface area contributed by atoms with Gasteiger partial charge in [0, 0.05) is 11.2 Å². The van der Waals surface area contributed by atoms with E-state index in [-0.39, 0.29) is 0 Å². The number of rotatable bonds is 1. The van der Waals surface area contributed by atoms with Crippen LogP contribution in [0.25, 0.3) is 10.9 Å². The van der Waals surface area contributed by atoms with Crippen LogP contribution in [0.5, 0.6) is 0 Å². The van der Waals surface area contributed by atoms with E-state index in [1.54, 1.807) is 0 Å². The Hall–Kier alpha value is -1.24. The molecule has 2 aromatic rings. The maximum absolute atomic E-state index is 3.35. The van der Waals surface area contributed by atoms with Crippen LogP contribution >= 0.6 is 0 Å². The molecule has 1 heterocycles. The Bertz CT molecular complexity index is 472. The van der Waals surface area contributed by atoms with Gasteiger partial charge in [-0.05, 0) is 47.9 Å². The number of nitrogens with one attached hydrogen (secondary N) is 1. The van der Waals surface area contributed by atoms with Crippen molar-refractivity contribution in [1.82, 2.24) is 4.98 Å². The quantitative estimate of drug-likeness (QED) is 0.716. The van der Waals surface area contributed by atoms with Crippen molar-refractivity contribution in [1.29, 1.82) is 0 Å². The van der Waals surface area contributed by atoms with Gasteiger partial charge in [-0.15, -0.1) is 0 Å². The van der Waals surface area contributed by atoms with Gasteiger partial charge in [-0.2, -0.15) is 0 Å². The van der Waals surface area contributed by atoms with Gasteiger partial charge in [-0.3, -0.25) is 0 Å². The summed E-state index contributed by atoms with van der Waals surface area (Å²) in [6, 6.07) is 8.92. The Balaban J connectivity index is 2.38. The summed E-state index contributed by atoms with van der Waals surface area (Å²) in [5.41, 5.74) is 4.26. The SMILES string of the molecule is Cc1cc2cc(CC(C)(C)C)ccc2[nH]1. The molecule has 0 saturated heterocycles. The minimum atomic E-state index is 0.360. The van der Waals surface area contributed by atoms with Gasteiger partial charge >= 0.3 is 0 Å². The summed E-state index contributed by atoms with van der Waals surface area (Å²) in [6.07, 6.45) is 1.13. The molecule has 0 amide bonds. The summed E-state index contributed by atoms with van der Waals surface area (Å²) in [5.74, 6) is 0. The number of H-pyrrole nitrogens is 1. The monoisotopic (exact) mass is 201 g/mol. The lowest BCUT2D eigenvalue weighted by molar-refractivity contribution is 0.411. The van der Waals surface area contributed by atoms with Gasteiger partial charge in [0.25, 0.3) is 0 Å². The molecule has 0 saturated carbocycles. The zero-order valence-electron chi connectivity index (χ0n) is 10.0. The molecule has 0 bridgehead atoms. The van der Waals surface area contributed by atoms with Crippen molar-refractivity contribution in [2.75, 3.05) is 0 Å². The zero-order chi connectivity index (χ0) is 11.1. The third kappa shape index (κ3) is 2.41. The average molecular weight is 201 g/mol. The molecule has 0 spiro atoms. The number of hydrogen-bond donors (Lipinski definition) is 1. The average Bonchev–Trinajstić information content (AvgIpc) is 2.40. The van der Waals surface area contributed by atoms with Gasteiger partial charge < -0.3 is 4.98 Å². The number of aromatic amines is 1. The molecule has 1 aromatic heterocycles. The lowest BCUT2D eigenvalue weighted by Gasteiger charge is -2.17. The Labute approximate surface area is 91.5 Å². The van der Waals surface area contributed by atoms with E-state index in [0.717, 1.165) is 6.42 Å². The maximum atomic E-state index is 3.35. The van der Waals surface area contributed by atoms with E-state index in [0.29, 0.717) is 5.41 Å². The second-order valence-corrected chi connectivity index (χ2v) is 5.61. The van der Waals surface area contributed by atoms with Gasteiger partial charge in [-0.25, -0.2) is 0 Å². The second-order valence-electron chi connectivity index (χ2n) is 5.61.